The van der Waals surface area contributed by atoms with Crippen LogP contribution in [-0.4, -0.2) is 71.5 Å². The molecule has 0 bridgehead atoms. The number of aliphatic hydroxyl groups excluding tert-OH is 1. The van der Waals surface area contributed by atoms with Gasteiger partial charge >= 0.3 is 12.2 Å². The fraction of sp³-hybridized carbons (Fsp3) is 0.632. The summed E-state index contributed by atoms with van der Waals surface area (Å²) in [6.45, 7) is 3.00. The van der Waals surface area contributed by atoms with E-state index in [2.05, 4.69) is 5.32 Å². The Morgan fingerprint density at radius 3 is 2.52 bits per heavy atom. The molecule has 2 saturated heterocycles. The van der Waals surface area contributed by atoms with Gasteiger partial charge in [0.05, 0.1) is 24.6 Å². The molecule has 1 aromatic carbocycles. The van der Waals surface area contributed by atoms with Gasteiger partial charge in [-0.1, -0.05) is 37.3 Å². The molecule has 2 N–H and O–H groups in total. The molecule has 27 heavy (non-hydrogen) atoms. The maximum Gasteiger partial charge on any atom is 0.390 e. The maximum atomic E-state index is 12.7. The van der Waals surface area contributed by atoms with Gasteiger partial charge in [0.25, 0.3) is 0 Å². The Balaban J connectivity index is 1.78. The summed E-state index contributed by atoms with van der Waals surface area (Å²) in [6.07, 6.45) is -4.26. The maximum absolute atomic E-state index is 12.7. The molecule has 2 aliphatic heterocycles. The third-order valence-corrected chi connectivity index (χ3v) is 5.57. The van der Waals surface area contributed by atoms with E-state index in [1.165, 1.54) is 0 Å². The Hall–Kier alpha value is -1.80. The van der Waals surface area contributed by atoms with Crippen molar-refractivity contribution in [2.75, 3.05) is 32.8 Å². The lowest BCUT2D eigenvalue weighted by molar-refractivity contribution is -0.178. The first-order valence-electron chi connectivity index (χ1n) is 9.34. The number of hydrogen-bond acceptors (Lipinski definition) is 3. The highest BCUT2D eigenvalue weighted by Gasteiger charge is 2.67. The Labute approximate surface area is 157 Å². The number of carbonyl (C=O) groups excluding carboxylic acids is 1. The third-order valence-electron chi connectivity index (χ3n) is 5.57. The number of likely N-dealkylation sites (tertiary alicyclic amines) is 2. The Kier molecular flexibility index (Phi) is 5.67. The van der Waals surface area contributed by atoms with E-state index < -0.39 is 18.1 Å². The minimum Gasteiger partial charge on any atom is -0.394 e. The predicted octanol–water partition coefficient (Wildman–Crippen LogP) is 2.57. The lowest BCUT2D eigenvalue weighted by atomic mass is 9.61. The highest BCUT2D eigenvalue weighted by molar-refractivity contribution is 5.78. The zero-order chi connectivity index (χ0) is 19.7. The number of halogens is 3. The quantitative estimate of drug-likeness (QED) is 0.792. The lowest BCUT2D eigenvalue weighted by Crippen LogP contribution is -2.86. The van der Waals surface area contributed by atoms with Gasteiger partial charge in [0.2, 0.25) is 0 Å². The van der Waals surface area contributed by atoms with Crippen molar-refractivity contribution in [3.63, 3.8) is 0 Å². The van der Waals surface area contributed by atoms with Crippen LogP contribution in [0.15, 0.2) is 30.3 Å². The van der Waals surface area contributed by atoms with Gasteiger partial charge in [-0.3, -0.25) is 4.90 Å². The molecule has 1 spiro atoms. The van der Waals surface area contributed by atoms with Gasteiger partial charge in [-0.25, -0.2) is 4.79 Å². The number of hydrogen-bond donors (Lipinski definition) is 2. The minimum absolute atomic E-state index is 0.0685. The van der Waals surface area contributed by atoms with Gasteiger partial charge in [-0.05, 0) is 12.0 Å². The standard InChI is InChI=1S/C19H26F3N3O2/c1-2-9-23-17(27)25-15(11-26)16(14-6-4-3-5-7-14)18(25)12-24(13-18)10-8-19(20,21)22/h3-7,15-16,26H,2,8-13H2,1H3,(H,23,27)/t15-,16+/m0/s1. The number of alkyl halides is 3. The van der Waals surface area contributed by atoms with Crippen molar-refractivity contribution < 1.29 is 23.1 Å². The van der Waals surface area contributed by atoms with Crippen molar-refractivity contribution in [3.05, 3.63) is 35.9 Å². The van der Waals surface area contributed by atoms with Gasteiger partial charge in [0, 0.05) is 32.1 Å². The molecule has 0 radical (unpaired) electrons. The van der Waals surface area contributed by atoms with Crippen LogP contribution < -0.4 is 5.32 Å². The van der Waals surface area contributed by atoms with Gasteiger partial charge < -0.3 is 15.3 Å². The van der Waals surface area contributed by atoms with Gasteiger partial charge in [0.15, 0.2) is 0 Å². The van der Waals surface area contributed by atoms with E-state index in [0.717, 1.165) is 12.0 Å². The summed E-state index contributed by atoms with van der Waals surface area (Å²) >= 11 is 0. The van der Waals surface area contributed by atoms with Crippen LogP contribution in [0.5, 0.6) is 0 Å². The summed E-state index contributed by atoms with van der Waals surface area (Å²) in [5.41, 5.74) is 0.449. The zero-order valence-corrected chi connectivity index (χ0v) is 15.4. The van der Waals surface area contributed by atoms with Crippen LogP contribution in [0.1, 0.15) is 31.2 Å². The topological polar surface area (TPSA) is 55.8 Å². The molecule has 8 heteroatoms. The molecule has 1 aromatic rings. The number of benzene rings is 1. The van der Waals surface area contributed by atoms with Crippen LogP contribution in [0.25, 0.3) is 0 Å². The highest BCUT2D eigenvalue weighted by atomic mass is 19.4. The van der Waals surface area contributed by atoms with E-state index in [-0.39, 0.29) is 31.1 Å². The number of carbonyl (C=O) groups is 1. The zero-order valence-electron chi connectivity index (χ0n) is 15.4. The van der Waals surface area contributed by atoms with E-state index in [4.69, 9.17) is 0 Å². The average molecular weight is 385 g/mol. The second kappa shape index (κ2) is 7.67. The summed E-state index contributed by atoms with van der Waals surface area (Å²) in [4.78, 5) is 16.1. The van der Waals surface area contributed by atoms with Crippen molar-refractivity contribution >= 4 is 6.03 Å². The van der Waals surface area contributed by atoms with E-state index in [1.54, 1.807) is 9.80 Å². The Bertz CT molecular complexity index is 647. The van der Waals surface area contributed by atoms with Crippen molar-refractivity contribution in [2.24, 2.45) is 0 Å². The molecular formula is C19H26F3N3O2. The second-order valence-electron chi connectivity index (χ2n) is 7.42. The molecular weight excluding hydrogens is 359 g/mol. The molecule has 2 aliphatic rings. The van der Waals surface area contributed by atoms with Crippen LogP contribution in [0.3, 0.4) is 0 Å². The van der Waals surface area contributed by atoms with Crippen LogP contribution in [0.2, 0.25) is 0 Å². The largest absolute Gasteiger partial charge is 0.394 e. The van der Waals surface area contributed by atoms with Crippen molar-refractivity contribution in [1.82, 2.24) is 15.1 Å². The SMILES string of the molecule is CCCNC(=O)N1[C@@H](CO)[C@@H](c2ccccc2)C12CN(CCC(F)(F)F)C2. The molecule has 3 rings (SSSR count). The highest BCUT2D eigenvalue weighted by Crippen LogP contribution is 2.53. The first kappa shape index (κ1) is 19.9. The van der Waals surface area contributed by atoms with Crippen LogP contribution in [0.4, 0.5) is 18.0 Å². The van der Waals surface area contributed by atoms with E-state index in [9.17, 15) is 23.1 Å². The third kappa shape index (κ3) is 3.78. The molecule has 2 amide bonds. The summed E-state index contributed by atoms with van der Waals surface area (Å²) in [7, 11) is 0. The smallest absolute Gasteiger partial charge is 0.390 e. The molecule has 0 aromatic heterocycles. The minimum atomic E-state index is -4.19. The fourth-order valence-corrected chi connectivity index (χ4v) is 4.48. The van der Waals surface area contributed by atoms with Gasteiger partial charge in [0.1, 0.15) is 0 Å². The molecule has 150 valence electrons. The predicted molar refractivity (Wildman–Crippen MR) is 95.4 cm³/mol. The summed E-state index contributed by atoms with van der Waals surface area (Å²) < 4.78 is 37.6. The van der Waals surface area contributed by atoms with E-state index in [0.29, 0.717) is 19.6 Å². The second-order valence-corrected chi connectivity index (χ2v) is 7.42. The molecule has 5 nitrogen and oxygen atoms in total. The first-order chi connectivity index (χ1) is 12.8. The Morgan fingerprint density at radius 2 is 1.96 bits per heavy atom. The van der Waals surface area contributed by atoms with Gasteiger partial charge in [-0.2, -0.15) is 13.2 Å². The summed E-state index contributed by atoms with van der Waals surface area (Å²) in [6, 6.07) is 8.98. The van der Waals surface area contributed by atoms with Crippen molar-refractivity contribution in [3.8, 4) is 0 Å². The molecule has 0 aliphatic carbocycles. The number of amides is 2. The molecule has 0 unspecified atom stereocenters. The normalized spacial score (nSPS) is 24.4. The summed E-state index contributed by atoms with van der Waals surface area (Å²) in [5, 5.41) is 12.7. The van der Waals surface area contributed by atoms with Crippen molar-refractivity contribution in [1.29, 1.82) is 0 Å². The number of nitrogens with one attached hydrogen (secondary N) is 1. The van der Waals surface area contributed by atoms with Crippen LogP contribution >= 0.6 is 0 Å². The molecule has 2 heterocycles. The number of nitrogens with zero attached hydrogens (tertiary/aromatic N) is 2. The van der Waals surface area contributed by atoms with E-state index >= 15 is 0 Å². The average Bonchev–Trinajstić information content (AvgIpc) is 2.57. The lowest BCUT2D eigenvalue weighted by Gasteiger charge is -2.70. The van der Waals surface area contributed by atoms with Crippen LogP contribution in [-0.2, 0) is 0 Å². The Morgan fingerprint density at radius 1 is 1.30 bits per heavy atom. The van der Waals surface area contributed by atoms with Crippen LogP contribution in [0, 0.1) is 0 Å². The molecule has 0 saturated carbocycles. The number of rotatable bonds is 6. The number of aliphatic hydroxyl groups is 1. The monoisotopic (exact) mass is 385 g/mol. The van der Waals surface area contributed by atoms with E-state index in [1.807, 2.05) is 37.3 Å². The van der Waals surface area contributed by atoms with Gasteiger partial charge in [-0.15, -0.1) is 0 Å². The molecule has 2 fully saturated rings. The number of urea groups is 1. The first-order valence-corrected chi connectivity index (χ1v) is 9.34. The fourth-order valence-electron chi connectivity index (χ4n) is 4.48. The van der Waals surface area contributed by atoms with Crippen molar-refractivity contribution in [2.45, 2.75) is 43.4 Å². The summed E-state index contributed by atoms with van der Waals surface area (Å²) in [5.74, 6) is -0.0850. The molecule has 2 atom stereocenters.